The zero-order chi connectivity index (χ0) is 19.6. The Labute approximate surface area is 172 Å². The van der Waals surface area contributed by atoms with Gasteiger partial charge >= 0.3 is 0 Å². The van der Waals surface area contributed by atoms with E-state index in [0.29, 0.717) is 17.5 Å². The fourth-order valence-corrected chi connectivity index (χ4v) is 7.60. The Kier molecular flexibility index (Phi) is 4.07. The zero-order valence-corrected chi connectivity index (χ0v) is 17.2. The maximum Gasteiger partial charge on any atom is 0.269 e. The number of fused-ring (bicyclic) bond motifs is 1. The topological polar surface area (TPSA) is 67.2 Å². The number of hydrogen-bond donors (Lipinski definition) is 1. The molecular weight excluding hydrogens is 364 g/mol. The number of amides is 2. The van der Waals surface area contributed by atoms with Crippen molar-refractivity contribution >= 4 is 11.8 Å². The van der Waals surface area contributed by atoms with Crippen molar-refractivity contribution in [3.8, 4) is 0 Å². The molecule has 0 radical (unpaired) electrons. The van der Waals surface area contributed by atoms with E-state index in [9.17, 15) is 9.59 Å². The van der Waals surface area contributed by atoms with Gasteiger partial charge in [-0.05, 0) is 81.6 Å². The molecule has 1 N–H and O–H groups in total. The lowest BCUT2D eigenvalue weighted by Crippen LogP contribution is -2.55. The molecule has 4 saturated carbocycles. The summed E-state index contributed by atoms with van der Waals surface area (Å²) in [4.78, 5) is 28.0. The van der Waals surface area contributed by atoms with Gasteiger partial charge in [0.25, 0.3) is 5.91 Å². The van der Waals surface area contributed by atoms with Crippen LogP contribution in [0.1, 0.15) is 79.9 Å². The van der Waals surface area contributed by atoms with E-state index >= 15 is 0 Å². The van der Waals surface area contributed by atoms with Gasteiger partial charge in [-0.15, -0.1) is 0 Å². The van der Waals surface area contributed by atoms with Crippen LogP contribution in [0, 0.1) is 23.2 Å². The molecule has 1 aromatic heterocycles. The van der Waals surface area contributed by atoms with Crippen LogP contribution >= 0.6 is 0 Å². The van der Waals surface area contributed by atoms with Gasteiger partial charge in [0.15, 0.2) is 0 Å². The number of likely N-dealkylation sites (tertiary alicyclic amines) is 1. The Balaban J connectivity index is 1.14. The molecule has 6 nitrogen and oxygen atoms in total. The SMILES string of the molecule is O=C1NCCCn2nc(C3CCN(C(=O)C45CC6CC(CC(C6)C4)C5)CC3)cc21. The van der Waals surface area contributed by atoms with Crippen LogP contribution in [0.5, 0.6) is 0 Å². The summed E-state index contributed by atoms with van der Waals surface area (Å²) in [5, 5.41) is 7.71. The van der Waals surface area contributed by atoms with Gasteiger partial charge in [-0.2, -0.15) is 5.10 Å². The number of aromatic nitrogens is 2. The second-order valence-electron chi connectivity index (χ2n) is 10.6. The van der Waals surface area contributed by atoms with Crippen molar-refractivity contribution in [1.29, 1.82) is 0 Å². The molecule has 2 aliphatic heterocycles. The van der Waals surface area contributed by atoms with E-state index in [1.165, 1.54) is 19.3 Å². The van der Waals surface area contributed by atoms with Gasteiger partial charge in [-0.3, -0.25) is 14.3 Å². The minimum Gasteiger partial charge on any atom is -0.351 e. The molecule has 1 aromatic rings. The predicted octanol–water partition coefficient (Wildman–Crippen LogP) is 2.94. The van der Waals surface area contributed by atoms with E-state index in [1.807, 2.05) is 10.7 Å². The summed E-state index contributed by atoms with van der Waals surface area (Å²) in [5.41, 5.74) is 1.72. The summed E-state index contributed by atoms with van der Waals surface area (Å²) < 4.78 is 1.88. The maximum atomic E-state index is 13.6. The van der Waals surface area contributed by atoms with Gasteiger partial charge in [0.2, 0.25) is 5.91 Å². The van der Waals surface area contributed by atoms with Crippen molar-refractivity contribution in [3.63, 3.8) is 0 Å². The maximum absolute atomic E-state index is 13.6. The van der Waals surface area contributed by atoms with Crippen LogP contribution in [-0.2, 0) is 11.3 Å². The number of carbonyl (C=O) groups is 2. The summed E-state index contributed by atoms with van der Waals surface area (Å²) in [6.45, 7) is 3.22. The lowest BCUT2D eigenvalue weighted by atomic mass is 9.49. The van der Waals surface area contributed by atoms with Gasteiger partial charge in [-0.25, -0.2) is 0 Å². The first kappa shape index (κ1) is 18.0. The van der Waals surface area contributed by atoms with Gasteiger partial charge in [0.1, 0.15) is 5.69 Å². The molecule has 5 fully saturated rings. The van der Waals surface area contributed by atoms with Crippen molar-refractivity contribution in [2.24, 2.45) is 23.2 Å². The number of aryl methyl sites for hydroxylation is 1. The largest absolute Gasteiger partial charge is 0.351 e. The Bertz CT molecular complexity index is 801. The first-order chi connectivity index (χ1) is 14.1. The Hall–Kier alpha value is -1.85. The average Bonchev–Trinajstić information content (AvgIpc) is 3.06. The minimum absolute atomic E-state index is 0.00400. The Morgan fingerprint density at radius 3 is 2.34 bits per heavy atom. The molecule has 0 aromatic carbocycles. The van der Waals surface area contributed by atoms with Gasteiger partial charge in [-0.1, -0.05) is 0 Å². The molecule has 2 amide bonds. The van der Waals surface area contributed by atoms with Crippen LogP contribution < -0.4 is 5.32 Å². The monoisotopic (exact) mass is 396 g/mol. The van der Waals surface area contributed by atoms with E-state index in [0.717, 1.165) is 88.2 Å². The fourth-order valence-electron chi connectivity index (χ4n) is 7.60. The van der Waals surface area contributed by atoms with Crippen LogP contribution in [0.2, 0.25) is 0 Å². The molecule has 0 unspecified atom stereocenters. The average molecular weight is 397 g/mol. The van der Waals surface area contributed by atoms with Crippen molar-refractivity contribution in [3.05, 3.63) is 17.5 Å². The third-order valence-electron chi connectivity index (χ3n) is 8.56. The highest BCUT2D eigenvalue weighted by molar-refractivity contribution is 5.92. The van der Waals surface area contributed by atoms with Gasteiger partial charge < -0.3 is 10.2 Å². The molecule has 4 bridgehead atoms. The lowest BCUT2D eigenvalue weighted by Gasteiger charge is -2.57. The second-order valence-corrected chi connectivity index (χ2v) is 10.6. The molecule has 6 heteroatoms. The van der Waals surface area contributed by atoms with Crippen molar-refractivity contribution in [1.82, 2.24) is 20.0 Å². The fraction of sp³-hybridized carbons (Fsp3) is 0.783. The number of rotatable bonds is 2. The summed E-state index contributed by atoms with van der Waals surface area (Å²) >= 11 is 0. The molecule has 0 spiro atoms. The minimum atomic E-state index is -0.0224. The molecule has 156 valence electrons. The zero-order valence-electron chi connectivity index (χ0n) is 17.2. The van der Waals surface area contributed by atoms with Crippen molar-refractivity contribution < 1.29 is 9.59 Å². The molecule has 0 atom stereocenters. The number of nitrogens with zero attached hydrogens (tertiary/aromatic N) is 3. The molecule has 29 heavy (non-hydrogen) atoms. The first-order valence-electron chi connectivity index (χ1n) is 11.7. The van der Waals surface area contributed by atoms with E-state index < -0.39 is 0 Å². The Morgan fingerprint density at radius 1 is 1.03 bits per heavy atom. The Morgan fingerprint density at radius 2 is 1.69 bits per heavy atom. The molecule has 3 heterocycles. The van der Waals surface area contributed by atoms with Crippen LogP contribution in [-0.4, -0.2) is 46.1 Å². The highest BCUT2D eigenvalue weighted by Gasteiger charge is 2.55. The lowest BCUT2D eigenvalue weighted by molar-refractivity contribution is -0.158. The van der Waals surface area contributed by atoms with Crippen LogP contribution in [0.25, 0.3) is 0 Å². The quantitative estimate of drug-likeness (QED) is 0.836. The van der Waals surface area contributed by atoms with Crippen molar-refractivity contribution in [2.75, 3.05) is 19.6 Å². The smallest absolute Gasteiger partial charge is 0.269 e. The first-order valence-corrected chi connectivity index (χ1v) is 11.7. The number of piperidine rings is 1. The predicted molar refractivity (Wildman–Crippen MR) is 108 cm³/mol. The summed E-state index contributed by atoms with van der Waals surface area (Å²) in [5.74, 6) is 3.27. The third kappa shape index (κ3) is 2.93. The molecular formula is C23H32N4O2. The van der Waals surface area contributed by atoms with E-state index in [4.69, 9.17) is 5.10 Å². The molecule has 1 saturated heterocycles. The van der Waals surface area contributed by atoms with E-state index in [1.54, 1.807) is 0 Å². The molecule has 7 rings (SSSR count). The van der Waals surface area contributed by atoms with E-state index in [-0.39, 0.29) is 11.3 Å². The summed E-state index contributed by atoms with van der Waals surface area (Å²) in [7, 11) is 0. The summed E-state index contributed by atoms with van der Waals surface area (Å²) in [6.07, 6.45) is 10.5. The molecule has 6 aliphatic rings. The van der Waals surface area contributed by atoms with Crippen LogP contribution in [0.3, 0.4) is 0 Å². The molecule has 4 aliphatic carbocycles. The van der Waals surface area contributed by atoms with E-state index in [2.05, 4.69) is 10.2 Å². The number of carbonyl (C=O) groups excluding carboxylic acids is 2. The standard InChI is InChI=1S/C23H32N4O2/c28-21-20-11-19(25-27(20)5-1-4-24-21)18-2-6-26(7-3-18)22(29)23-12-15-8-16(13-23)10-17(9-15)14-23/h11,15-18H,1-10,12-14H2,(H,24,28). The van der Waals surface area contributed by atoms with Crippen molar-refractivity contribution in [2.45, 2.75) is 70.3 Å². The summed E-state index contributed by atoms with van der Waals surface area (Å²) in [6, 6.07) is 1.99. The van der Waals surface area contributed by atoms with Gasteiger partial charge in [0.05, 0.1) is 11.1 Å². The number of nitrogens with one attached hydrogen (secondary N) is 1. The third-order valence-corrected chi connectivity index (χ3v) is 8.56. The number of hydrogen-bond acceptors (Lipinski definition) is 3. The highest BCUT2D eigenvalue weighted by atomic mass is 16.2. The second kappa shape index (κ2) is 6.58. The highest BCUT2D eigenvalue weighted by Crippen LogP contribution is 2.60. The van der Waals surface area contributed by atoms with Crippen LogP contribution in [0.4, 0.5) is 0 Å². The van der Waals surface area contributed by atoms with Gasteiger partial charge in [0, 0.05) is 32.1 Å². The van der Waals surface area contributed by atoms with Crippen LogP contribution in [0.15, 0.2) is 6.07 Å². The normalized spacial score (nSPS) is 36.6.